The highest BCUT2D eigenvalue weighted by atomic mass is 19.1. The maximum Gasteiger partial charge on any atom is 0.131 e. The summed E-state index contributed by atoms with van der Waals surface area (Å²) in [6, 6.07) is 0.900. The molecule has 0 aromatic carbocycles. The minimum atomic E-state index is -0.804. The standard InChI is InChI=1S/C10H19FN2/c1-6(2)13-7-3-4-9(13)10(11)8(12)5-7/h6-10H,3-5,12H2,1-2H3/t7-,8+,9+,10-/m1/s1. The van der Waals surface area contributed by atoms with Gasteiger partial charge in [0.2, 0.25) is 0 Å². The summed E-state index contributed by atoms with van der Waals surface area (Å²) >= 11 is 0. The highest BCUT2D eigenvalue weighted by Crippen LogP contribution is 2.37. The van der Waals surface area contributed by atoms with Gasteiger partial charge in [0.15, 0.2) is 0 Å². The molecule has 13 heavy (non-hydrogen) atoms. The Morgan fingerprint density at radius 3 is 2.69 bits per heavy atom. The number of hydrogen-bond donors (Lipinski definition) is 1. The van der Waals surface area contributed by atoms with Crippen molar-refractivity contribution in [3.05, 3.63) is 0 Å². The number of fused-ring (bicyclic) bond motifs is 2. The van der Waals surface area contributed by atoms with Crippen LogP contribution >= 0.6 is 0 Å². The van der Waals surface area contributed by atoms with Crippen LogP contribution in [0.1, 0.15) is 33.1 Å². The van der Waals surface area contributed by atoms with Gasteiger partial charge in [-0.25, -0.2) is 4.39 Å². The van der Waals surface area contributed by atoms with Crippen LogP contribution < -0.4 is 5.73 Å². The minimum Gasteiger partial charge on any atom is -0.325 e. The number of alkyl halides is 1. The van der Waals surface area contributed by atoms with E-state index in [0.29, 0.717) is 12.1 Å². The van der Waals surface area contributed by atoms with Gasteiger partial charge in [-0.05, 0) is 33.1 Å². The van der Waals surface area contributed by atoms with E-state index in [1.807, 2.05) is 0 Å². The highest BCUT2D eigenvalue weighted by Gasteiger charge is 2.47. The molecule has 0 saturated carbocycles. The SMILES string of the molecule is CC(C)N1[C@@H]2CC[C@H]1[C@H](F)[C@@H](N)C2. The van der Waals surface area contributed by atoms with Crippen molar-refractivity contribution < 1.29 is 4.39 Å². The summed E-state index contributed by atoms with van der Waals surface area (Å²) in [5.74, 6) is 0. The van der Waals surface area contributed by atoms with Crippen molar-refractivity contribution >= 4 is 0 Å². The highest BCUT2D eigenvalue weighted by molar-refractivity contribution is 5.03. The van der Waals surface area contributed by atoms with Gasteiger partial charge in [-0.15, -0.1) is 0 Å². The Morgan fingerprint density at radius 1 is 1.38 bits per heavy atom. The van der Waals surface area contributed by atoms with Crippen LogP contribution in [0.4, 0.5) is 4.39 Å². The molecule has 2 N–H and O–H groups in total. The number of piperidine rings is 1. The van der Waals surface area contributed by atoms with Gasteiger partial charge in [0.05, 0.1) is 0 Å². The van der Waals surface area contributed by atoms with Gasteiger partial charge in [-0.2, -0.15) is 0 Å². The van der Waals surface area contributed by atoms with E-state index in [9.17, 15) is 4.39 Å². The van der Waals surface area contributed by atoms with E-state index in [4.69, 9.17) is 5.73 Å². The van der Waals surface area contributed by atoms with Crippen molar-refractivity contribution in [3.63, 3.8) is 0 Å². The predicted molar refractivity (Wildman–Crippen MR) is 51.3 cm³/mol. The molecule has 0 radical (unpaired) electrons. The molecule has 2 fully saturated rings. The van der Waals surface area contributed by atoms with Crippen LogP contribution in [-0.4, -0.2) is 35.2 Å². The summed E-state index contributed by atoms with van der Waals surface area (Å²) in [7, 11) is 0. The fourth-order valence-electron chi connectivity index (χ4n) is 3.03. The van der Waals surface area contributed by atoms with E-state index < -0.39 is 6.17 Å². The molecule has 2 aliphatic heterocycles. The smallest absolute Gasteiger partial charge is 0.131 e. The van der Waals surface area contributed by atoms with Crippen LogP contribution in [0.15, 0.2) is 0 Å². The molecular formula is C10H19FN2. The second-order valence-corrected chi connectivity index (χ2v) is 4.68. The Bertz CT molecular complexity index is 195. The molecule has 2 heterocycles. The number of nitrogens with two attached hydrogens (primary N) is 1. The van der Waals surface area contributed by atoms with Crippen molar-refractivity contribution in [3.8, 4) is 0 Å². The number of hydrogen-bond acceptors (Lipinski definition) is 2. The second-order valence-electron chi connectivity index (χ2n) is 4.68. The third-order valence-corrected chi connectivity index (χ3v) is 3.52. The molecule has 0 amide bonds. The quantitative estimate of drug-likeness (QED) is 0.668. The lowest BCUT2D eigenvalue weighted by atomic mass is 9.95. The first kappa shape index (κ1) is 9.41. The number of nitrogens with zero attached hydrogens (tertiary/aromatic N) is 1. The fourth-order valence-corrected chi connectivity index (χ4v) is 3.03. The molecule has 2 bridgehead atoms. The van der Waals surface area contributed by atoms with Crippen LogP contribution in [0, 0.1) is 0 Å². The van der Waals surface area contributed by atoms with Crippen molar-refractivity contribution in [2.75, 3.05) is 0 Å². The molecule has 2 aliphatic rings. The van der Waals surface area contributed by atoms with E-state index in [1.54, 1.807) is 0 Å². The summed E-state index contributed by atoms with van der Waals surface area (Å²) in [4.78, 5) is 2.33. The molecule has 0 unspecified atom stereocenters. The summed E-state index contributed by atoms with van der Waals surface area (Å²) in [5, 5.41) is 0. The van der Waals surface area contributed by atoms with Crippen LogP contribution in [-0.2, 0) is 0 Å². The normalized spacial score (nSPS) is 45.9. The van der Waals surface area contributed by atoms with E-state index in [1.165, 1.54) is 0 Å². The summed E-state index contributed by atoms with van der Waals surface area (Å²) in [5.41, 5.74) is 5.76. The molecule has 2 saturated heterocycles. The monoisotopic (exact) mass is 186 g/mol. The van der Waals surface area contributed by atoms with Gasteiger partial charge in [0, 0.05) is 24.2 Å². The molecule has 4 atom stereocenters. The molecule has 3 heteroatoms. The van der Waals surface area contributed by atoms with E-state index >= 15 is 0 Å². The summed E-state index contributed by atoms with van der Waals surface area (Å²) in [6.07, 6.45) is 2.17. The molecule has 0 aliphatic carbocycles. The molecule has 0 spiro atoms. The molecule has 2 rings (SSSR count). The topological polar surface area (TPSA) is 29.3 Å². The van der Waals surface area contributed by atoms with Crippen molar-refractivity contribution in [1.29, 1.82) is 0 Å². The average molecular weight is 186 g/mol. The van der Waals surface area contributed by atoms with Gasteiger partial charge in [-0.3, -0.25) is 4.90 Å². The maximum absolute atomic E-state index is 13.7. The van der Waals surface area contributed by atoms with Crippen LogP contribution in [0.3, 0.4) is 0 Å². The first-order chi connectivity index (χ1) is 6.11. The minimum absolute atomic E-state index is 0.105. The van der Waals surface area contributed by atoms with E-state index in [-0.39, 0.29) is 12.1 Å². The van der Waals surface area contributed by atoms with Crippen molar-refractivity contribution in [2.45, 2.75) is 63.4 Å². The molecule has 76 valence electrons. The summed E-state index contributed by atoms with van der Waals surface area (Å²) < 4.78 is 13.7. The molecule has 2 nitrogen and oxygen atoms in total. The fraction of sp³-hybridized carbons (Fsp3) is 1.00. The second kappa shape index (κ2) is 3.21. The zero-order valence-electron chi connectivity index (χ0n) is 8.41. The van der Waals surface area contributed by atoms with E-state index in [0.717, 1.165) is 19.3 Å². The Kier molecular flexibility index (Phi) is 2.32. The largest absolute Gasteiger partial charge is 0.325 e. The zero-order valence-corrected chi connectivity index (χ0v) is 8.41. The summed E-state index contributed by atoms with van der Waals surface area (Å²) in [6.45, 7) is 4.30. The first-order valence-corrected chi connectivity index (χ1v) is 5.28. The average Bonchev–Trinajstić information content (AvgIpc) is 2.40. The Hall–Kier alpha value is -0.150. The van der Waals surface area contributed by atoms with Crippen LogP contribution in [0.5, 0.6) is 0 Å². The molecular weight excluding hydrogens is 167 g/mol. The van der Waals surface area contributed by atoms with Gasteiger partial charge < -0.3 is 5.73 Å². The lowest BCUT2D eigenvalue weighted by Gasteiger charge is -2.42. The van der Waals surface area contributed by atoms with Crippen LogP contribution in [0.2, 0.25) is 0 Å². The Morgan fingerprint density at radius 2 is 2.08 bits per heavy atom. The van der Waals surface area contributed by atoms with Crippen LogP contribution in [0.25, 0.3) is 0 Å². The predicted octanol–water partition coefficient (Wildman–Crippen LogP) is 1.30. The lowest BCUT2D eigenvalue weighted by Crippen LogP contribution is -2.57. The maximum atomic E-state index is 13.7. The third kappa shape index (κ3) is 1.38. The number of rotatable bonds is 1. The number of halogens is 1. The van der Waals surface area contributed by atoms with E-state index in [2.05, 4.69) is 18.7 Å². The third-order valence-electron chi connectivity index (χ3n) is 3.52. The van der Waals surface area contributed by atoms with Gasteiger partial charge in [0.25, 0.3) is 0 Å². The van der Waals surface area contributed by atoms with Gasteiger partial charge in [-0.1, -0.05) is 0 Å². The van der Waals surface area contributed by atoms with Gasteiger partial charge >= 0.3 is 0 Å². The molecule has 0 aromatic heterocycles. The first-order valence-electron chi connectivity index (χ1n) is 5.28. The van der Waals surface area contributed by atoms with Gasteiger partial charge in [0.1, 0.15) is 6.17 Å². The zero-order chi connectivity index (χ0) is 9.59. The van der Waals surface area contributed by atoms with Crippen molar-refractivity contribution in [1.82, 2.24) is 4.90 Å². The van der Waals surface area contributed by atoms with Crippen molar-refractivity contribution in [2.24, 2.45) is 5.73 Å². The Labute approximate surface area is 79.3 Å². The molecule has 0 aromatic rings. The Balaban J connectivity index is 2.16. The lowest BCUT2D eigenvalue weighted by molar-refractivity contribution is 0.0288.